The van der Waals surface area contributed by atoms with Crippen LogP contribution in [-0.4, -0.2) is 11.9 Å². The monoisotopic (exact) mass is 429 g/mol. The van der Waals surface area contributed by atoms with Crippen molar-refractivity contribution in [3.8, 4) is 0 Å². The van der Waals surface area contributed by atoms with Crippen molar-refractivity contribution in [3.63, 3.8) is 0 Å². The Morgan fingerprint density at radius 2 is 1.81 bits per heavy atom. The van der Waals surface area contributed by atoms with Crippen molar-refractivity contribution in [2.75, 3.05) is 0 Å². The van der Waals surface area contributed by atoms with Crippen molar-refractivity contribution >= 4 is 49.4 Å². The van der Waals surface area contributed by atoms with Gasteiger partial charge in [0.05, 0.1) is 0 Å². The van der Waals surface area contributed by atoms with Crippen molar-refractivity contribution in [2.24, 2.45) is 0 Å². The van der Waals surface area contributed by atoms with Crippen LogP contribution in [0.1, 0.15) is 22.8 Å². The second-order valence-electron chi connectivity index (χ2n) is 4.83. The summed E-state index contributed by atoms with van der Waals surface area (Å²) in [6, 6.07) is 13.1. The van der Waals surface area contributed by atoms with Crippen LogP contribution >= 0.6 is 43.5 Å². The summed E-state index contributed by atoms with van der Waals surface area (Å²) >= 11 is 12.9. The summed E-state index contributed by atoms with van der Waals surface area (Å²) in [6.45, 7) is 1.97. The molecule has 0 heterocycles. The van der Waals surface area contributed by atoms with E-state index >= 15 is 0 Å². The molecule has 0 fully saturated rings. The number of benzene rings is 2. The van der Waals surface area contributed by atoms with E-state index in [-0.39, 0.29) is 11.9 Å². The quantitative estimate of drug-likeness (QED) is 0.706. The molecule has 0 saturated carbocycles. The molecule has 1 N–H and O–H groups in total. The van der Waals surface area contributed by atoms with E-state index in [0.29, 0.717) is 12.0 Å². The van der Waals surface area contributed by atoms with E-state index in [1.165, 1.54) is 0 Å². The average molecular weight is 432 g/mol. The van der Waals surface area contributed by atoms with Crippen LogP contribution in [0.2, 0.25) is 5.02 Å². The minimum atomic E-state index is -0.100. The van der Waals surface area contributed by atoms with Crippen molar-refractivity contribution < 1.29 is 4.79 Å². The molecule has 0 aliphatic heterocycles. The van der Waals surface area contributed by atoms with Crippen LogP contribution in [0.15, 0.2) is 51.4 Å². The van der Waals surface area contributed by atoms with Gasteiger partial charge in [-0.1, -0.05) is 61.7 Å². The number of hydrogen-bond donors (Lipinski definition) is 1. The molecule has 0 aliphatic carbocycles. The van der Waals surface area contributed by atoms with Crippen molar-refractivity contribution in [3.05, 3.63) is 67.6 Å². The van der Waals surface area contributed by atoms with Crippen molar-refractivity contribution in [1.82, 2.24) is 5.32 Å². The second kappa shape index (κ2) is 7.43. The third kappa shape index (κ3) is 4.83. The molecule has 0 bridgehead atoms. The van der Waals surface area contributed by atoms with Gasteiger partial charge >= 0.3 is 0 Å². The highest BCUT2D eigenvalue weighted by Gasteiger charge is 2.12. The van der Waals surface area contributed by atoms with E-state index in [2.05, 4.69) is 37.2 Å². The predicted molar refractivity (Wildman–Crippen MR) is 93.9 cm³/mol. The highest BCUT2D eigenvalue weighted by atomic mass is 79.9. The minimum absolute atomic E-state index is 0.00448. The lowest BCUT2D eigenvalue weighted by Crippen LogP contribution is -2.34. The number of nitrogens with one attached hydrogen (secondary N) is 1. The van der Waals surface area contributed by atoms with Gasteiger partial charge < -0.3 is 5.32 Å². The lowest BCUT2D eigenvalue weighted by atomic mass is 10.1. The van der Waals surface area contributed by atoms with Crippen LogP contribution < -0.4 is 5.32 Å². The van der Waals surface area contributed by atoms with Crippen LogP contribution in [0.5, 0.6) is 0 Å². The normalized spacial score (nSPS) is 12.0. The zero-order chi connectivity index (χ0) is 15.4. The van der Waals surface area contributed by atoms with Gasteiger partial charge in [-0.15, -0.1) is 0 Å². The first-order valence-electron chi connectivity index (χ1n) is 6.46. The van der Waals surface area contributed by atoms with Crippen LogP contribution in [0.25, 0.3) is 0 Å². The molecule has 1 atom stereocenters. The fourth-order valence-corrected chi connectivity index (χ4v) is 3.54. The Morgan fingerprint density at radius 3 is 2.43 bits per heavy atom. The van der Waals surface area contributed by atoms with E-state index in [1.54, 1.807) is 12.1 Å². The fraction of sp³-hybridized carbons (Fsp3) is 0.188. The van der Waals surface area contributed by atoms with Crippen LogP contribution in [0.3, 0.4) is 0 Å². The molecule has 2 aromatic rings. The zero-order valence-electron chi connectivity index (χ0n) is 11.4. The van der Waals surface area contributed by atoms with Gasteiger partial charge in [0.25, 0.3) is 5.91 Å². The van der Waals surface area contributed by atoms with E-state index in [1.807, 2.05) is 37.3 Å². The Morgan fingerprint density at radius 1 is 1.19 bits per heavy atom. The maximum atomic E-state index is 12.2. The molecular weight excluding hydrogens is 417 g/mol. The number of hydrogen-bond acceptors (Lipinski definition) is 1. The minimum Gasteiger partial charge on any atom is -0.349 e. The number of carbonyl (C=O) groups excluding carboxylic acids is 1. The van der Waals surface area contributed by atoms with Gasteiger partial charge in [0.15, 0.2) is 0 Å². The molecule has 1 unspecified atom stereocenters. The molecule has 0 saturated heterocycles. The van der Waals surface area contributed by atoms with E-state index in [9.17, 15) is 4.79 Å². The van der Waals surface area contributed by atoms with Crippen LogP contribution in [0.4, 0.5) is 0 Å². The lowest BCUT2D eigenvalue weighted by molar-refractivity contribution is 0.0940. The molecule has 0 aliphatic rings. The highest BCUT2D eigenvalue weighted by molar-refractivity contribution is 9.11. The summed E-state index contributed by atoms with van der Waals surface area (Å²) in [4.78, 5) is 12.2. The number of halogens is 3. The number of rotatable bonds is 4. The van der Waals surface area contributed by atoms with E-state index < -0.39 is 0 Å². The van der Waals surface area contributed by atoms with Gasteiger partial charge in [-0.25, -0.2) is 0 Å². The zero-order valence-corrected chi connectivity index (χ0v) is 15.3. The standard InChI is InChI=1S/C16H14Br2ClNO/c1-10(6-11-4-2-3-5-15(11)19)20-16(21)12-7-13(17)9-14(18)8-12/h2-5,7-10H,6H2,1H3,(H,20,21). The molecule has 2 aromatic carbocycles. The molecule has 0 aromatic heterocycles. The van der Waals surface area contributed by atoms with Crippen molar-refractivity contribution in [2.45, 2.75) is 19.4 Å². The molecule has 21 heavy (non-hydrogen) atoms. The Labute approximate surface area is 146 Å². The van der Waals surface area contributed by atoms with Crippen LogP contribution in [-0.2, 0) is 6.42 Å². The summed E-state index contributed by atoms with van der Waals surface area (Å²) in [5.41, 5.74) is 1.64. The molecule has 110 valence electrons. The summed E-state index contributed by atoms with van der Waals surface area (Å²) in [7, 11) is 0. The lowest BCUT2D eigenvalue weighted by Gasteiger charge is -2.15. The molecular formula is C16H14Br2ClNO. The van der Waals surface area contributed by atoms with E-state index in [4.69, 9.17) is 11.6 Å². The summed E-state index contributed by atoms with van der Waals surface area (Å²) in [6.07, 6.45) is 0.695. The molecule has 5 heteroatoms. The van der Waals surface area contributed by atoms with Gasteiger partial charge in [-0.3, -0.25) is 4.79 Å². The van der Waals surface area contributed by atoms with Gasteiger partial charge in [0.2, 0.25) is 0 Å². The van der Waals surface area contributed by atoms with E-state index in [0.717, 1.165) is 19.5 Å². The van der Waals surface area contributed by atoms with Gasteiger partial charge in [-0.05, 0) is 43.2 Å². The summed E-state index contributed by atoms with van der Waals surface area (Å²) in [5, 5.41) is 3.71. The Bertz CT molecular complexity index is 640. The first kappa shape index (κ1) is 16.5. The smallest absolute Gasteiger partial charge is 0.251 e. The first-order chi connectivity index (χ1) is 9.95. The number of amides is 1. The summed E-state index contributed by atoms with van der Waals surface area (Å²) < 4.78 is 1.72. The Hall–Kier alpha value is -0.840. The second-order valence-corrected chi connectivity index (χ2v) is 7.07. The fourth-order valence-electron chi connectivity index (χ4n) is 2.04. The first-order valence-corrected chi connectivity index (χ1v) is 8.42. The molecule has 2 nitrogen and oxygen atoms in total. The maximum Gasteiger partial charge on any atom is 0.251 e. The topological polar surface area (TPSA) is 29.1 Å². The largest absolute Gasteiger partial charge is 0.349 e. The number of carbonyl (C=O) groups is 1. The SMILES string of the molecule is CC(Cc1ccccc1Cl)NC(=O)c1cc(Br)cc(Br)c1. The van der Waals surface area contributed by atoms with Gasteiger partial charge in [0, 0.05) is 25.6 Å². The maximum absolute atomic E-state index is 12.2. The van der Waals surface area contributed by atoms with Crippen molar-refractivity contribution in [1.29, 1.82) is 0 Å². The molecule has 2 rings (SSSR count). The third-order valence-electron chi connectivity index (χ3n) is 2.99. The predicted octanol–water partition coefficient (Wildman–Crippen LogP) is 5.23. The summed E-state index contributed by atoms with van der Waals surface area (Å²) in [5.74, 6) is -0.100. The molecule has 1 amide bonds. The average Bonchev–Trinajstić information content (AvgIpc) is 2.40. The highest BCUT2D eigenvalue weighted by Crippen LogP contribution is 2.20. The van der Waals surface area contributed by atoms with Gasteiger partial charge in [0.1, 0.15) is 0 Å². The Balaban J connectivity index is 2.04. The third-order valence-corrected chi connectivity index (χ3v) is 4.27. The molecule has 0 spiro atoms. The molecule has 0 radical (unpaired) electrons. The van der Waals surface area contributed by atoms with Crippen LogP contribution in [0, 0.1) is 0 Å². The Kier molecular flexibility index (Phi) is 5.85. The van der Waals surface area contributed by atoms with Gasteiger partial charge in [-0.2, -0.15) is 0 Å².